The molecule has 1 aromatic heterocycles. The zero-order chi connectivity index (χ0) is 19.7. The topological polar surface area (TPSA) is 54.5 Å². The van der Waals surface area contributed by atoms with Gasteiger partial charge in [-0.15, -0.1) is 0 Å². The molecular weight excluding hydrogens is 370 g/mol. The first-order valence-electron chi connectivity index (χ1n) is 9.60. The fraction of sp³-hybridized carbons (Fsp3) is 0.364. The number of aryl methyl sites for hydroxylation is 2. The fourth-order valence-electron chi connectivity index (χ4n) is 3.78. The first-order valence-corrected chi connectivity index (χ1v) is 10.4. The molecule has 4 rings (SSSR count). The van der Waals surface area contributed by atoms with Gasteiger partial charge in [0, 0.05) is 24.7 Å². The number of rotatable bonds is 4. The molecule has 1 aliphatic rings. The van der Waals surface area contributed by atoms with Gasteiger partial charge >= 0.3 is 0 Å². The van der Waals surface area contributed by atoms with Gasteiger partial charge in [0.2, 0.25) is 5.91 Å². The maximum atomic E-state index is 12.7. The van der Waals surface area contributed by atoms with Crippen LogP contribution >= 0.6 is 11.3 Å². The van der Waals surface area contributed by atoms with Crippen molar-refractivity contribution < 1.29 is 9.53 Å². The summed E-state index contributed by atoms with van der Waals surface area (Å²) in [6.45, 7) is 5.80. The standard InChI is InChI=1S/C22H25N3O2S/c1-14-10-15(2)12-17(11-14)23-21(26)16-6-8-25(9-7-16)22-24-19-5-4-18(27-3)13-20(19)28-22/h4-5,10-13,16H,6-9H2,1-3H3,(H,23,26). The Labute approximate surface area is 169 Å². The van der Waals surface area contributed by atoms with Crippen LogP contribution in [0.1, 0.15) is 24.0 Å². The molecule has 0 spiro atoms. The highest BCUT2D eigenvalue weighted by molar-refractivity contribution is 7.22. The minimum Gasteiger partial charge on any atom is -0.497 e. The van der Waals surface area contributed by atoms with Crippen LogP contribution in [0.3, 0.4) is 0 Å². The molecule has 0 aliphatic carbocycles. The first-order chi connectivity index (χ1) is 13.5. The lowest BCUT2D eigenvalue weighted by atomic mass is 9.96. The minimum atomic E-state index is 0.0477. The quantitative estimate of drug-likeness (QED) is 0.691. The van der Waals surface area contributed by atoms with E-state index >= 15 is 0 Å². The summed E-state index contributed by atoms with van der Waals surface area (Å²) in [7, 11) is 1.68. The van der Waals surface area contributed by atoms with Crippen LogP contribution in [0.15, 0.2) is 36.4 Å². The van der Waals surface area contributed by atoms with E-state index in [9.17, 15) is 4.79 Å². The van der Waals surface area contributed by atoms with Crippen molar-refractivity contribution in [3.8, 4) is 5.75 Å². The van der Waals surface area contributed by atoms with Crippen LogP contribution < -0.4 is 15.0 Å². The van der Waals surface area contributed by atoms with E-state index in [1.807, 2.05) is 30.3 Å². The van der Waals surface area contributed by atoms with Crippen molar-refractivity contribution in [2.75, 3.05) is 30.4 Å². The minimum absolute atomic E-state index is 0.0477. The Morgan fingerprint density at radius 2 is 1.86 bits per heavy atom. The molecule has 0 radical (unpaired) electrons. The van der Waals surface area contributed by atoms with Gasteiger partial charge in [-0.2, -0.15) is 0 Å². The summed E-state index contributed by atoms with van der Waals surface area (Å²) in [6.07, 6.45) is 1.69. The number of benzene rings is 2. The highest BCUT2D eigenvalue weighted by Crippen LogP contribution is 2.33. The molecule has 6 heteroatoms. The van der Waals surface area contributed by atoms with Gasteiger partial charge in [-0.25, -0.2) is 4.98 Å². The fourth-order valence-corrected chi connectivity index (χ4v) is 4.82. The number of piperidine rings is 1. The number of ether oxygens (including phenoxy) is 1. The number of hydrogen-bond acceptors (Lipinski definition) is 5. The molecule has 5 nitrogen and oxygen atoms in total. The predicted octanol–water partition coefficient (Wildman–Crippen LogP) is 4.78. The highest BCUT2D eigenvalue weighted by atomic mass is 32.1. The molecule has 146 valence electrons. The van der Waals surface area contributed by atoms with Gasteiger partial charge < -0.3 is 15.0 Å². The number of carbonyl (C=O) groups excluding carboxylic acids is 1. The number of nitrogens with zero attached hydrogens (tertiary/aromatic N) is 2. The summed E-state index contributed by atoms with van der Waals surface area (Å²) in [5, 5.41) is 4.12. The molecule has 1 aliphatic heterocycles. The number of anilines is 2. The maximum Gasteiger partial charge on any atom is 0.227 e. The maximum absolute atomic E-state index is 12.7. The average molecular weight is 396 g/mol. The van der Waals surface area contributed by atoms with E-state index in [1.54, 1.807) is 18.4 Å². The monoisotopic (exact) mass is 395 g/mol. The second-order valence-electron chi connectivity index (χ2n) is 7.46. The molecule has 1 N–H and O–H groups in total. The van der Waals surface area contributed by atoms with E-state index in [0.29, 0.717) is 0 Å². The van der Waals surface area contributed by atoms with E-state index in [1.165, 1.54) is 0 Å². The summed E-state index contributed by atoms with van der Waals surface area (Å²) >= 11 is 1.68. The number of aromatic nitrogens is 1. The second kappa shape index (κ2) is 7.80. The Morgan fingerprint density at radius 1 is 1.14 bits per heavy atom. The largest absolute Gasteiger partial charge is 0.497 e. The number of nitrogens with one attached hydrogen (secondary N) is 1. The van der Waals surface area contributed by atoms with Gasteiger partial charge in [-0.1, -0.05) is 17.4 Å². The average Bonchev–Trinajstić information content (AvgIpc) is 3.10. The molecule has 28 heavy (non-hydrogen) atoms. The van der Waals surface area contributed by atoms with Crippen LogP contribution in [0.5, 0.6) is 5.75 Å². The van der Waals surface area contributed by atoms with E-state index in [0.717, 1.165) is 63.8 Å². The molecule has 1 amide bonds. The lowest BCUT2D eigenvalue weighted by Crippen LogP contribution is -2.38. The Bertz CT molecular complexity index is 986. The number of amides is 1. The molecule has 0 unspecified atom stereocenters. The van der Waals surface area contributed by atoms with Crippen molar-refractivity contribution in [1.29, 1.82) is 0 Å². The number of methoxy groups -OCH3 is 1. The summed E-state index contributed by atoms with van der Waals surface area (Å²) in [5.41, 5.74) is 4.22. The van der Waals surface area contributed by atoms with Crippen molar-refractivity contribution in [1.82, 2.24) is 4.98 Å². The summed E-state index contributed by atoms with van der Waals surface area (Å²) in [6, 6.07) is 12.1. The lowest BCUT2D eigenvalue weighted by Gasteiger charge is -2.31. The van der Waals surface area contributed by atoms with Crippen LogP contribution in [0.25, 0.3) is 10.2 Å². The molecule has 2 heterocycles. The Balaban J connectivity index is 1.39. The van der Waals surface area contributed by atoms with Crippen molar-refractivity contribution in [2.24, 2.45) is 5.92 Å². The smallest absolute Gasteiger partial charge is 0.227 e. The van der Waals surface area contributed by atoms with Gasteiger partial charge in [-0.05, 0) is 68.1 Å². The lowest BCUT2D eigenvalue weighted by molar-refractivity contribution is -0.120. The molecular formula is C22H25N3O2S. The molecule has 1 fully saturated rings. The zero-order valence-corrected chi connectivity index (χ0v) is 17.3. The molecule has 0 bridgehead atoms. The number of fused-ring (bicyclic) bond motifs is 1. The Hall–Kier alpha value is -2.60. The van der Waals surface area contributed by atoms with E-state index in [-0.39, 0.29) is 11.8 Å². The van der Waals surface area contributed by atoms with Gasteiger partial charge in [0.25, 0.3) is 0 Å². The molecule has 3 aromatic rings. The third-order valence-electron chi connectivity index (χ3n) is 5.21. The molecule has 1 saturated heterocycles. The van der Waals surface area contributed by atoms with Gasteiger partial charge in [0.15, 0.2) is 5.13 Å². The third kappa shape index (κ3) is 3.97. The van der Waals surface area contributed by atoms with Gasteiger partial charge in [0.1, 0.15) is 5.75 Å². The SMILES string of the molecule is COc1ccc2nc(N3CCC(C(=O)Nc4cc(C)cc(C)c4)CC3)sc2c1. The van der Waals surface area contributed by atoms with Crippen LogP contribution in [-0.4, -0.2) is 31.1 Å². The van der Waals surface area contributed by atoms with E-state index in [2.05, 4.69) is 30.1 Å². The summed E-state index contributed by atoms with van der Waals surface area (Å²) in [4.78, 5) is 19.7. The van der Waals surface area contributed by atoms with Crippen LogP contribution in [0, 0.1) is 19.8 Å². The van der Waals surface area contributed by atoms with Gasteiger partial charge in [-0.3, -0.25) is 4.79 Å². The Kier molecular flexibility index (Phi) is 5.22. The van der Waals surface area contributed by atoms with Crippen LogP contribution in [-0.2, 0) is 4.79 Å². The number of carbonyl (C=O) groups is 1. The normalized spacial score (nSPS) is 15.0. The first kappa shape index (κ1) is 18.7. The molecule has 0 saturated carbocycles. The van der Waals surface area contributed by atoms with Crippen molar-refractivity contribution in [3.05, 3.63) is 47.5 Å². The number of hydrogen-bond donors (Lipinski definition) is 1. The summed E-state index contributed by atoms with van der Waals surface area (Å²) < 4.78 is 6.43. The predicted molar refractivity (Wildman–Crippen MR) is 116 cm³/mol. The van der Waals surface area contributed by atoms with E-state index < -0.39 is 0 Å². The number of thiazole rings is 1. The Morgan fingerprint density at radius 3 is 2.54 bits per heavy atom. The molecule has 0 atom stereocenters. The van der Waals surface area contributed by atoms with Crippen molar-refractivity contribution in [2.45, 2.75) is 26.7 Å². The van der Waals surface area contributed by atoms with Crippen LogP contribution in [0.4, 0.5) is 10.8 Å². The zero-order valence-electron chi connectivity index (χ0n) is 16.5. The summed E-state index contributed by atoms with van der Waals surface area (Å²) in [5.74, 6) is 1.02. The van der Waals surface area contributed by atoms with Gasteiger partial charge in [0.05, 0.1) is 17.3 Å². The highest BCUT2D eigenvalue weighted by Gasteiger charge is 2.26. The third-order valence-corrected chi connectivity index (χ3v) is 6.29. The van der Waals surface area contributed by atoms with E-state index in [4.69, 9.17) is 9.72 Å². The van der Waals surface area contributed by atoms with Crippen LogP contribution in [0.2, 0.25) is 0 Å². The molecule has 2 aromatic carbocycles. The van der Waals surface area contributed by atoms with Crippen molar-refractivity contribution >= 4 is 38.3 Å². The van der Waals surface area contributed by atoms with Crippen molar-refractivity contribution in [3.63, 3.8) is 0 Å². The second-order valence-corrected chi connectivity index (χ2v) is 8.47.